The summed E-state index contributed by atoms with van der Waals surface area (Å²) >= 11 is 0. The zero-order valence-electron chi connectivity index (χ0n) is 10.9. The number of benzene rings is 1. The lowest BCUT2D eigenvalue weighted by Crippen LogP contribution is -2.33. The molecule has 0 saturated carbocycles. The molecule has 100 valence electrons. The second-order valence-corrected chi connectivity index (χ2v) is 4.50. The van der Waals surface area contributed by atoms with Gasteiger partial charge >= 0.3 is 5.97 Å². The van der Waals surface area contributed by atoms with E-state index in [4.69, 9.17) is 4.74 Å². The van der Waals surface area contributed by atoms with Crippen LogP contribution in [0.25, 0.3) is 0 Å². The number of aliphatic hydroxyl groups excluding tert-OH is 1. The summed E-state index contributed by atoms with van der Waals surface area (Å²) in [4.78, 5) is 11.6. The van der Waals surface area contributed by atoms with Crippen molar-refractivity contribution in [2.24, 2.45) is 5.41 Å². The molecular formula is C13H17FO4. The van der Waals surface area contributed by atoms with E-state index in [-0.39, 0.29) is 5.56 Å². The number of ether oxygens (including phenoxy) is 2. The van der Waals surface area contributed by atoms with Crippen molar-refractivity contribution in [2.45, 2.75) is 20.0 Å². The molecule has 0 saturated heterocycles. The zero-order chi connectivity index (χ0) is 13.9. The van der Waals surface area contributed by atoms with Crippen LogP contribution in [0, 0.1) is 11.2 Å². The molecule has 0 aliphatic rings. The Bertz CT molecular complexity index is 443. The highest BCUT2D eigenvalue weighted by Gasteiger charge is 2.39. The average molecular weight is 256 g/mol. The Kier molecular flexibility index (Phi) is 4.29. The quantitative estimate of drug-likeness (QED) is 0.838. The van der Waals surface area contributed by atoms with Crippen LogP contribution in [-0.2, 0) is 9.53 Å². The molecule has 1 rings (SSSR count). The minimum absolute atomic E-state index is 0.0335. The first-order valence-electron chi connectivity index (χ1n) is 5.44. The lowest BCUT2D eigenvalue weighted by molar-refractivity contribution is -0.157. The first-order chi connectivity index (χ1) is 8.34. The Morgan fingerprint density at radius 1 is 1.39 bits per heavy atom. The topological polar surface area (TPSA) is 55.8 Å². The predicted octanol–water partition coefficient (Wildman–Crippen LogP) is 2.07. The second kappa shape index (κ2) is 5.35. The van der Waals surface area contributed by atoms with E-state index in [1.54, 1.807) is 0 Å². The van der Waals surface area contributed by atoms with Gasteiger partial charge in [0.2, 0.25) is 0 Å². The van der Waals surface area contributed by atoms with Gasteiger partial charge in [-0.25, -0.2) is 4.39 Å². The molecule has 0 fully saturated rings. The number of aliphatic hydroxyl groups is 1. The van der Waals surface area contributed by atoms with Crippen LogP contribution in [0.15, 0.2) is 18.2 Å². The van der Waals surface area contributed by atoms with Gasteiger partial charge in [-0.3, -0.25) is 4.79 Å². The summed E-state index contributed by atoms with van der Waals surface area (Å²) in [6.45, 7) is 2.99. The Labute approximate surface area is 105 Å². The molecule has 1 aromatic carbocycles. The normalized spacial score (nSPS) is 13.0. The summed E-state index contributed by atoms with van der Waals surface area (Å²) in [6, 6.07) is 4.07. The number of hydrogen-bond donors (Lipinski definition) is 1. The van der Waals surface area contributed by atoms with Gasteiger partial charge in [-0.15, -0.1) is 0 Å². The highest BCUT2D eigenvalue weighted by atomic mass is 19.1. The minimum Gasteiger partial charge on any atom is -0.497 e. The standard InChI is InChI=1S/C13H17FO4/c1-13(2,12(16)18-4)11(15)9-6-5-8(17-3)7-10(9)14/h5-7,11,15H,1-4H3/t11-/m0/s1. The van der Waals surface area contributed by atoms with Crippen LogP contribution in [0.4, 0.5) is 4.39 Å². The van der Waals surface area contributed by atoms with Crippen molar-refractivity contribution >= 4 is 5.97 Å². The summed E-state index contributed by atoms with van der Waals surface area (Å²) in [5, 5.41) is 10.1. The molecule has 0 aliphatic heterocycles. The van der Waals surface area contributed by atoms with Crippen LogP contribution in [0.2, 0.25) is 0 Å². The maximum Gasteiger partial charge on any atom is 0.314 e. The monoisotopic (exact) mass is 256 g/mol. The average Bonchev–Trinajstić information content (AvgIpc) is 2.36. The van der Waals surface area contributed by atoms with Crippen LogP contribution in [0.5, 0.6) is 5.75 Å². The SMILES string of the molecule is COC(=O)C(C)(C)[C@@H](O)c1ccc(OC)cc1F. The van der Waals surface area contributed by atoms with E-state index in [1.165, 1.54) is 40.2 Å². The molecule has 18 heavy (non-hydrogen) atoms. The smallest absolute Gasteiger partial charge is 0.314 e. The third-order valence-corrected chi connectivity index (χ3v) is 2.90. The fraction of sp³-hybridized carbons (Fsp3) is 0.462. The van der Waals surface area contributed by atoms with Gasteiger partial charge in [-0.2, -0.15) is 0 Å². The summed E-state index contributed by atoms with van der Waals surface area (Å²) in [5.41, 5.74) is -1.20. The van der Waals surface area contributed by atoms with Gasteiger partial charge in [0.15, 0.2) is 0 Å². The molecule has 0 unspecified atom stereocenters. The van der Waals surface area contributed by atoms with Crippen molar-refractivity contribution in [3.63, 3.8) is 0 Å². The highest BCUT2D eigenvalue weighted by molar-refractivity contribution is 5.76. The van der Waals surface area contributed by atoms with Crippen molar-refractivity contribution in [2.75, 3.05) is 14.2 Å². The molecule has 1 aromatic rings. The molecule has 0 spiro atoms. The fourth-order valence-corrected chi connectivity index (χ4v) is 1.62. The largest absolute Gasteiger partial charge is 0.497 e. The van der Waals surface area contributed by atoms with Crippen LogP contribution >= 0.6 is 0 Å². The fourth-order valence-electron chi connectivity index (χ4n) is 1.62. The number of halogens is 1. The van der Waals surface area contributed by atoms with E-state index in [9.17, 15) is 14.3 Å². The van der Waals surface area contributed by atoms with E-state index in [0.717, 1.165) is 6.07 Å². The third kappa shape index (κ3) is 2.61. The van der Waals surface area contributed by atoms with Crippen LogP contribution < -0.4 is 4.74 Å². The second-order valence-electron chi connectivity index (χ2n) is 4.50. The number of rotatable bonds is 4. The molecule has 0 heterocycles. The van der Waals surface area contributed by atoms with E-state index >= 15 is 0 Å². The molecule has 5 heteroatoms. The minimum atomic E-state index is -1.30. The maximum absolute atomic E-state index is 13.8. The Balaban J connectivity index is 3.11. The van der Waals surface area contributed by atoms with Gasteiger partial charge in [0.05, 0.1) is 25.7 Å². The Morgan fingerprint density at radius 3 is 2.44 bits per heavy atom. The Morgan fingerprint density at radius 2 is 2.00 bits per heavy atom. The molecule has 0 aliphatic carbocycles. The number of methoxy groups -OCH3 is 2. The van der Waals surface area contributed by atoms with Crippen molar-refractivity contribution in [3.8, 4) is 5.75 Å². The first-order valence-corrected chi connectivity index (χ1v) is 5.44. The van der Waals surface area contributed by atoms with Gasteiger partial charge in [0.1, 0.15) is 11.6 Å². The first kappa shape index (κ1) is 14.4. The summed E-state index contributed by atoms with van der Waals surface area (Å²) < 4.78 is 23.3. The molecule has 1 N–H and O–H groups in total. The van der Waals surface area contributed by atoms with Crippen LogP contribution in [0.3, 0.4) is 0 Å². The zero-order valence-corrected chi connectivity index (χ0v) is 10.9. The Hall–Kier alpha value is -1.62. The van der Waals surface area contributed by atoms with E-state index in [1.807, 2.05) is 0 Å². The summed E-state index contributed by atoms with van der Waals surface area (Å²) in [6.07, 6.45) is -1.30. The maximum atomic E-state index is 13.8. The van der Waals surface area contributed by atoms with Crippen molar-refractivity contribution < 1.29 is 23.8 Å². The summed E-state index contributed by atoms with van der Waals surface area (Å²) in [7, 11) is 2.64. The van der Waals surface area contributed by atoms with Gasteiger partial charge < -0.3 is 14.6 Å². The van der Waals surface area contributed by atoms with Gasteiger partial charge in [-0.1, -0.05) is 0 Å². The predicted molar refractivity (Wildman–Crippen MR) is 63.7 cm³/mol. The van der Waals surface area contributed by atoms with Gasteiger partial charge in [0, 0.05) is 11.6 Å². The van der Waals surface area contributed by atoms with Crippen LogP contribution in [-0.4, -0.2) is 25.3 Å². The molecule has 0 bridgehead atoms. The van der Waals surface area contributed by atoms with Gasteiger partial charge in [0.25, 0.3) is 0 Å². The van der Waals surface area contributed by atoms with Crippen LogP contribution in [0.1, 0.15) is 25.5 Å². The van der Waals surface area contributed by atoms with E-state index < -0.39 is 23.3 Å². The molecule has 0 aromatic heterocycles. The highest BCUT2D eigenvalue weighted by Crippen LogP contribution is 2.36. The van der Waals surface area contributed by atoms with Crippen molar-refractivity contribution in [1.29, 1.82) is 0 Å². The number of esters is 1. The molecule has 0 radical (unpaired) electrons. The molecule has 1 atom stereocenters. The van der Waals surface area contributed by atoms with E-state index in [0.29, 0.717) is 5.75 Å². The lowest BCUT2D eigenvalue weighted by atomic mass is 9.82. The van der Waals surface area contributed by atoms with Crippen molar-refractivity contribution in [3.05, 3.63) is 29.6 Å². The lowest BCUT2D eigenvalue weighted by Gasteiger charge is -2.28. The number of hydrogen-bond acceptors (Lipinski definition) is 4. The third-order valence-electron chi connectivity index (χ3n) is 2.90. The number of carbonyl (C=O) groups is 1. The molecule has 4 nitrogen and oxygen atoms in total. The summed E-state index contributed by atoms with van der Waals surface area (Å²) in [5.74, 6) is -0.886. The van der Waals surface area contributed by atoms with Crippen molar-refractivity contribution in [1.82, 2.24) is 0 Å². The molecular weight excluding hydrogens is 239 g/mol. The molecule has 0 amide bonds. The van der Waals surface area contributed by atoms with Gasteiger partial charge in [-0.05, 0) is 26.0 Å². The number of carbonyl (C=O) groups excluding carboxylic acids is 1. The van der Waals surface area contributed by atoms with E-state index in [2.05, 4.69) is 4.74 Å².